The van der Waals surface area contributed by atoms with Crippen LogP contribution in [0.3, 0.4) is 0 Å². The number of aromatic nitrogens is 1. The standard InChI is InChI=1S/C11H13BrN2O/c1-11(2,13-3)10-14-8-6-7(12)4-5-9(8)15-10/h4-6,13H,1-3H3. The van der Waals surface area contributed by atoms with Gasteiger partial charge in [0.25, 0.3) is 0 Å². The van der Waals surface area contributed by atoms with Crippen LogP contribution in [0.25, 0.3) is 11.1 Å². The van der Waals surface area contributed by atoms with Crippen LogP contribution in [0.4, 0.5) is 0 Å². The minimum Gasteiger partial charge on any atom is -0.439 e. The number of benzene rings is 1. The van der Waals surface area contributed by atoms with Crippen molar-refractivity contribution < 1.29 is 4.42 Å². The third-order valence-electron chi connectivity index (χ3n) is 2.51. The van der Waals surface area contributed by atoms with Gasteiger partial charge in [0, 0.05) is 4.47 Å². The van der Waals surface area contributed by atoms with Crippen molar-refractivity contribution in [3.8, 4) is 0 Å². The van der Waals surface area contributed by atoms with Gasteiger partial charge in [0.1, 0.15) is 5.52 Å². The summed E-state index contributed by atoms with van der Waals surface area (Å²) in [6.07, 6.45) is 0. The lowest BCUT2D eigenvalue weighted by Crippen LogP contribution is -2.33. The molecule has 0 aliphatic carbocycles. The molecule has 0 unspecified atom stereocenters. The van der Waals surface area contributed by atoms with E-state index in [-0.39, 0.29) is 5.54 Å². The van der Waals surface area contributed by atoms with Crippen LogP contribution in [-0.2, 0) is 5.54 Å². The van der Waals surface area contributed by atoms with Crippen LogP contribution in [0.15, 0.2) is 27.1 Å². The van der Waals surface area contributed by atoms with Gasteiger partial charge >= 0.3 is 0 Å². The summed E-state index contributed by atoms with van der Waals surface area (Å²) in [5, 5.41) is 3.17. The molecule has 1 N–H and O–H groups in total. The molecule has 0 radical (unpaired) electrons. The van der Waals surface area contributed by atoms with Crippen LogP contribution in [0.1, 0.15) is 19.7 Å². The lowest BCUT2D eigenvalue weighted by atomic mass is 10.1. The third kappa shape index (κ3) is 1.92. The van der Waals surface area contributed by atoms with Crippen LogP contribution >= 0.6 is 15.9 Å². The third-order valence-corrected chi connectivity index (χ3v) is 3.00. The quantitative estimate of drug-likeness (QED) is 0.910. The maximum Gasteiger partial charge on any atom is 0.215 e. The first-order valence-corrected chi connectivity index (χ1v) is 5.58. The fourth-order valence-corrected chi connectivity index (χ4v) is 1.62. The fraction of sp³-hybridized carbons (Fsp3) is 0.364. The van der Waals surface area contributed by atoms with Gasteiger partial charge in [0.15, 0.2) is 5.58 Å². The zero-order valence-corrected chi connectivity index (χ0v) is 10.6. The van der Waals surface area contributed by atoms with Gasteiger partial charge in [-0.2, -0.15) is 0 Å². The van der Waals surface area contributed by atoms with E-state index in [1.165, 1.54) is 0 Å². The smallest absolute Gasteiger partial charge is 0.215 e. The summed E-state index contributed by atoms with van der Waals surface area (Å²) >= 11 is 3.41. The molecule has 3 nitrogen and oxygen atoms in total. The van der Waals surface area contributed by atoms with Crippen LogP contribution in [0.5, 0.6) is 0 Å². The second-order valence-corrected chi connectivity index (χ2v) is 4.92. The summed E-state index contributed by atoms with van der Waals surface area (Å²) in [7, 11) is 1.89. The lowest BCUT2D eigenvalue weighted by molar-refractivity contribution is 0.338. The summed E-state index contributed by atoms with van der Waals surface area (Å²) in [5.74, 6) is 0.707. The maximum absolute atomic E-state index is 5.68. The second-order valence-electron chi connectivity index (χ2n) is 4.01. The van der Waals surface area contributed by atoms with Gasteiger partial charge in [0.2, 0.25) is 5.89 Å². The Morgan fingerprint density at radius 2 is 2.13 bits per heavy atom. The molecule has 0 spiro atoms. The molecule has 0 bridgehead atoms. The Morgan fingerprint density at radius 1 is 1.40 bits per heavy atom. The van der Waals surface area contributed by atoms with Crippen molar-refractivity contribution in [2.45, 2.75) is 19.4 Å². The van der Waals surface area contributed by atoms with Gasteiger partial charge in [-0.1, -0.05) is 15.9 Å². The van der Waals surface area contributed by atoms with Crippen molar-refractivity contribution in [2.24, 2.45) is 0 Å². The topological polar surface area (TPSA) is 38.1 Å². The molecule has 2 aromatic rings. The average molecular weight is 269 g/mol. The zero-order chi connectivity index (χ0) is 11.1. The molecule has 1 heterocycles. The van der Waals surface area contributed by atoms with Crippen LogP contribution in [0, 0.1) is 0 Å². The summed E-state index contributed by atoms with van der Waals surface area (Å²) in [6, 6.07) is 5.82. The predicted molar refractivity (Wildman–Crippen MR) is 63.8 cm³/mol. The molecule has 0 fully saturated rings. The number of rotatable bonds is 2. The largest absolute Gasteiger partial charge is 0.439 e. The Kier molecular flexibility index (Phi) is 2.56. The highest BCUT2D eigenvalue weighted by molar-refractivity contribution is 9.10. The maximum atomic E-state index is 5.68. The molecule has 0 aliphatic rings. The number of hydrogen-bond donors (Lipinski definition) is 1. The summed E-state index contributed by atoms with van der Waals surface area (Å²) < 4.78 is 6.70. The highest BCUT2D eigenvalue weighted by atomic mass is 79.9. The van der Waals surface area contributed by atoms with E-state index in [0.29, 0.717) is 5.89 Å². The molecule has 0 amide bonds. The normalized spacial score (nSPS) is 12.3. The summed E-state index contributed by atoms with van der Waals surface area (Å²) in [4.78, 5) is 4.46. The van der Waals surface area contributed by atoms with Gasteiger partial charge in [-0.15, -0.1) is 0 Å². The van der Waals surface area contributed by atoms with E-state index in [1.807, 2.05) is 39.1 Å². The van der Waals surface area contributed by atoms with Crippen LogP contribution < -0.4 is 5.32 Å². The van der Waals surface area contributed by atoms with Crippen molar-refractivity contribution in [3.05, 3.63) is 28.6 Å². The minimum atomic E-state index is -0.245. The molecule has 0 saturated heterocycles. The fourth-order valence-electron chi connectivity index (χ4n) is 1.27. The molecule has 1 aromatic carbocycles. The lowest BCUT2D eigenvalue weighted by Gasteiger charge is -2.18. The number of fused-ring (bicyclic) bond motifs is 1. The van der Waals surface area contributed by atoms with E-state index < -0.39 is 0 Å². The van der Waals surface area contributed by atoms with Gasteiger partial charge < -0.3 is 9.73 Å². The van der Waals surface area contributed by atoms with Crippen LogP contribution in [-0.4, -0.2) is 12.0 Å². The van der Waals surface area contributed by atoms with Gasteiger partial charge in [-0.05, 0) is 39.1 Å². The second kappa shape index (κ2) is 3.61. The Bertz CT molecular complexity index is 490. The predicted octanol–water partition coefficient (Wildman–Crippen LogP) is 3.04. The minimum absolute atomic E-state index is 0.245. The van der Waals surface area contributed by atoms with Gasteiger partial charge in [0.05, 0.1) is 5.54 Å². The van der Waals surface area contributed by atoms with E-state index in [1.54, 1.807) is 0 Å². The van der Waals surface area contributed by atoms with E-state index in [9.17, 15) is 0 Å². The first kappa shape index (κ1) is 10.6. The SMILES string of the molecule is CNC(C)(C)c1nc2cc(Br)ccc2o1. The highest BCUT2D eigenvalue weighted by Gasteiger charge is 2.24. The van der Waals surface area contributed by atoms with E-state index >= 15 is 0 Å². The van der Waals surface area contributed by atoms with E-state index in [4.69, 9.17) is 4.42 Å². The van der Waals surface area contributed by atoms with Crippen molar-refractivity contribution in [1.29, 1.82) is 0 Å². The van der Waals surface area contributed by atoms with Crippen molar-refractivity contribution in [2.75, 3.05) is 7.05 Å². The molecular weight excluding hydrogens is 256 g/mol. The Labute approximate surface area is 97.0 Å². The first-order chi connectivity index (χ1) is 7.03. The Balaban J connectivity index is 2.56. The molecule has 2 rings (SSSR count). The molecule has 0 saturated carbocycles. The molecule has 4 heteroatoms. The van der Waals surface area contributed by atoms with Crippen molar-refractivity contribution in [1.82, 2.24) is 10.3 Å². The molecular formula is C11H13BrN2O. The molecule has 15 heavy (non-hydrogen) atoms. The van der Waals surface area contributed by atoms with E-state index in [0.717, 1.165) is 15.6 Å². The monoisotopic (exact) mass is 268 g/mol. The Hall–Kier alpha value is -0.870. The first-order valence-electron chi connectivity index (χ1n) is 4.78. The zero-order valence-electron chi connectivity index (χ0n) is 8.97. The van der Waals surface area contributed by atoms with Gasteiger partial charge in [-0.3, -0.25) is 0 Å². The number of oxazole rings is 1. The molecule has 1 aromatic heterocycles. The number of halogens is 1. The van der Waals surface area contributed by atoms with Crippen LogP contribution in [0.2, 0.25) is 0 Å². The van der Waals surface area contributed by atoms with Crippen molar-refractivity contribution >= 4 is 27.0 Å². The number of nitrogens with one attached hydrogen (secondary N) is 1. The molecule has 80 valence electrons. The highest BCUT2D eigenvalue weighted by Crippen LogP contribution is 2.25. The van der Waals surface area contributed by atoms with Crippen molar-refractivity contribution in [3.63, 3.8) is 0 Å². The Morgan fingerprint density at radius 3 is 2.80 bits per heavy atom. The van der Waals surface area contributed by atoms with Gasteiger partial charge in [-0.25, -0.2) is 4.98 Å². The molecule has 0 aliphatic heterocycles. The summed E-state index contributed by atoms with van der Waals surface area (Å²) in [5.41, 5.74) is 1.45. The average Bonchev–Trinajstić information content (AvgIpc) is 2.61. The summed E-state index contributed by atoms with van der Waals surface area (Å²) in [6.45, 7) is 4.07. The molecule has 0 atom stereocenters. The van der Waals surface area contributed by atoms with E-state index in [2.05, 4.69) is 26.2 Å². The number of hydrogen-bond acceptors (Lipinski definition) is 3. The number of nitrogens with zero attached hydrogens (tertiary/aromatic N) is 1.